The smallest absolute Gasteiger partial charge is 0.305 e. The number of carbonyl (C=O) groups excluding carboxylic acids is 1. The highest BCUT2D eigenvalue weighted by Crippen LogP contribution is 2.27. The third-order valence-electron chi connectivity index (χ3n) is 3.97. The number of carbonyl (C=O) groups is 2. The fraction of sp³-hybridized carbons (Fsp3) is 0.412. The average molecular weight is 319 g/mol. The highest BCUT2D eigenvalue weighted by Gasteiger charge is 2.23. The summed E-state index contributed by atoms with van der Waals surface area (Å²) in [5.41, 5.74) is 2.75. The molecule has 4 nitrogen and oxygen atoms in total. The summed E-state index contributed by atoms with van der Waals surface area (Å²) in [7, 11) is 0. The molecule has 0 saturated carbocycles. The number of rotatable bonds is 6. The van der Waals surface area contributed by atoms with E-state index in [0.717, 1.165) is 40.9 Å². The Morgan fingerprint density at radius 2 is 1.95 bits per heavy atom. The van der Waals surface area contributed by atoms with Crippen LogP contribution in [-0.4, -0.2) is 23.2 Å². The second-order valence-electron chi connectivity index (χ2n) is 5.51. The van der Waals surface area contributed by atoms with E-state index in [0.29, 0.717) is 0 Å². The lowest BCUT2D eigenvalue weighted by molar-refractivity contribution is -0.137. The van der Waals surface area contributed by atoms with Crippen LogP contribution in [-0.2, 0) is 9.59 Å². The first kappa shape index (κ1) is 16.6. The van der Waals surface area contributed by atoms with Gasteiger partial charge in [0.25, 0.3) is 0 Å². The fourth-order valence-electron chi connectivity index (χ4n) is 2.71. The van der Waals surface area contributed by atoms with E-state index < -0.39 is 12.0 Å². The number of allylic oxidation sites excluding steroid dienone is 1. The molecule has 0 spiro atoms. The minimum Gasteiger partial charge on any atom is -0.481 e. The van der Waals surface area contributed by atoms with Gasteiger partial charge in [-0.1, -0.05) is 17.7 Å². The molecule has 0 heterocycles. The first-order valence-corrected chi connectivity index (χ1v) is 8.59. The number of carboxylic acids is 1. The number of hydrogen-bond acceptors (Lipinski definition) is 3. The van der Waals surface area contributed by atoms with Crippen molar-refractivity contribution in [2.75, 3.05) is 6.26 Å². The van der Waals surface area contributed by atoms with Gasteiger partial charge < -0.3 is 10.4 Å². The van der Waals surface area contributed by atoms with E-state index in [1.54, 1.807) is 11.8 Å². The van der Waals surface area contributed by atoms with Crippen molar-refractivity contribution < 1.29 is 14.7 Å². The molecule has 2 N–H and O–H groups in total. The summed E-state index contributed by atoms with van der Waals surface area (Å²) < 4.78 is 0. The highest BCUT2D eigenvalue weighted by atomic mass is 32.2. The molecule has 0 fully saturated rings. The lowest BCUT2D eigenvalue weighted by atomic mass is 10.0. The van der Waals surface area contributed by atoms with E-state index in [1.165, 1.54) is 0 Å². The summed E-state index contributed by atoms with van der Waals surface area (Å²) in [6.45, 7) is 1.97. The van der Waals surface area contributed by atoms with Crippen molar-refractivity contribution >= 4 is 23.6 Å². The lowest BCUT2D eigenvalue weighted by Crippen LogP contribution is -2.31. The number of benzene rings is 1. The number of aliphatic carboxylic acids is 1. The molecule has 1 aromatic rings. The summed E-state index contributed by atoms with van der Waals surface area (Å²) in [4.78, 5) is 24.6. The Hall–Kier alpha value is -1.75. The maximum Gasteiger partial charge on any atom is 0.305 e. The van der Waals surface area contributed by atoms with Crippen molar-refractivity contribution in [3.05, 3.63) is 41.0 Å². The number of amides is 1. The molecule has 0 aromatic heterocycles. The second-order valence-corrected chi connectivity index (χ2v) is 6.39. The van der Waals surface area contributed by atoms with E-state index in [9.17, 15) is 9.59 Å². The van der Waals surface area contributed by atoms with Crippen molar-refractivity contribution in [1.82, 2.24) is 5.32 Å². The quantitative estimate of drug-likeness (QED) is 0.787. The van der Waals surface area contributed by atoms with Crippen molar-refractivity contribution in [3.8, 4) is 0 Å². The summed E-state index contributed by atoms with van der Waals surface area (Å²) in [5.74, 6) is -1.05. The van der Waals surface area contributed by atoms with Gasteiger partial charge in [-0.25, -0.2) is 0 Å². The Kier molecular flexibility index (Phi) is 5.66. The van der Waals surface area contributed by atoms with Crippen LogP contribution in [0.15, 0.2) is 40.3 Å². The molecular formula is C17H21NO3S. The number of nitrogens with one attached hydrogen (secondary N) is 1. The zero-order chi connectivity index (χ0) is 16.1. The van der Waals surface area contributed by atoms with Crippen LogP contribution in [0.1, 0.15) is 44.2 Å². The van der Waals surface area contributed by atoms with Crippen molar-refractivity contribution in [2.24, 2.45) is 0 Å². The van der Waals surface area contributed by atoms with Crippen molar-refractivity contribution in [1.29, 1.82) is 0 Å². The molecular weight excluding hydrogens is 298 g/mol. The molecule has 1 amide bonds. The molecule has 1 aliphatic carbocycles. The van der Waals surface area contributed by atoms with Gasteiger partial charge in [0.05, 0.1) is 12.5 Å². The molecule has 1 aliphatic rings. The maximum absolute atomic E-state index is 12.4. The number of hydrogen-bond donors (Lipinski definition) is 2. The maximum atomic E-state index is 12.4. The summed E-state index contributed by atoms with van der Waals surface area (Å²) >= 11 is 1.63. The summed E-state index contributed by atoms with van der Waals surface area (Å²) in [6, 6.07) is 7.16. The van der Waals surface area contributed by atoms with E-state index in [4.69, 9.17) is 5.11 Å². The van der Waals surface area contributed by atoms with Crippen LogP contribution in [0.3, 0.4) is 0 Å². The van der Waals surface area contributed by atoms with E-state index in [1.807, 2.05) is 37.4 Å². The molecule has 2 rings (SSSR count). The molecule has 1 aromatic carbocycles. The van der Waals surface area contributed by atoms with Crippen molar-refractivity contribution in [2.45, 2.75) is 43.5 Å². The second kappa shape index (κ2) is 7.49. The van der Waals surface area contributed by atoms with Crippen LogP contribution in [0.2, 0.25) is 0 Å². The average Bonchev–Trinajstić information content (AvgIpc) is 2.92. The SMILES string of the molecule is CSc1ccc(C(CC(=O)O)NC(=O)C2=C(C)CCC2)cc1. The molecule has 1 unspecified atom stereocenters. The van der Waals surface area contributed by atoms with Gasteiger partial charge in [0.2, 0.25) is 5.91 Å². The minimum atomic E-state index is -0.920. The first-order valence-electron chi connectivity index (χ1n) is 7.36. The molecule has 22 heavy (non-hydrogen) atoms. The van der Waals surface area contributed by atoms with Gasteiger partial charge in [-0.05, 0) is 50.1 Å². The third-order valence-corrected chi connectivity index (χ3v) is 4.71. The van der Waals surface area contributed by atoms with Crippen LogP contribution in [0.25, 0.3) is 0 Å². The molecule has 0 radical (unpaired) electrons. The van der Waals surface area contributed by atoms with Crippen molar-refractivity contribution in [3.63, 3.8) is 0 Å². The van der Waals surface area contributed by atoms with Gasteiger partial charge in [0, 0.05) is 10.5 Å². The largest absolute Gasteiger partial charge is 0.481 e. The van der Waals surface area contributed by atoms with Gasteiger partial charge in [-0.15, -0.1) is 11.8 Å². The molecule has 0 aliphatic heterocycles. The van der Waals surface area contributed by atoms with Crippen LogP contribution in [0.5, 0.6) is 0 Å². The summed E-state index contributed by atoms with van der Waals surface area (Å²) in [6.07, 6.45) is 4.61. The minimum absolute atomic E-state index is 0.114. The lowest BCUT2D eigenvalue weighted by Gasteiger charge is -2.18. The van der Waals surface area contributed by atoms with Gasteiger partial charge in [0.1, 0.15) is 0 Å². The summed E-state index contributed by atoms with van der Waals surface area (Å²) in [5, 5.41) is 12.0. The predicted octanol–water partition coefficient (Wildman–Crippen LogP) is 3.54. The Morgan fingerprint density at radius 1 is 1.27 bits per heavy atom. The molecule has 0 bridgehead atoms. The van der Waals surface area contributed by atoms with Crippen LogP contribution >= 0.6 is 11.8 Å². The van der Waals surface area contributed by atoms with Crippen LogP contribution in [0, 0.1) is 0 Å². The van der Waals surface area contributed by atoms with Crippen LogP contribution < -0.4 is 5.32 Å². The van der Waals surface area contributed by atoms with Gasteiger partial charge in [-0.2, -0.15) is 0 Å². The Labute approximate surface area is 135 Å². The highest BCUT2D eigenvalue weighted by molar-refractivity contribution is 7.98. The Bertz CT molecular complexity index is 592. The third kappa shape index (κ3) is 4.13. The number of carboxylic acid groups (broad SMARTS) is 1. The van der Waals surface area contributed by atoms with Gasteiger partial charge in [-0.3, -0.25) is 9.59 Å². The van der Waals surface area contributed by atoms with Gasteiger partial charge >= 0.3 is 5.97 Å². The monoisotopic (exact) mass is 319 g/mol. The zero-order valence-corrected chi connectivity index (χ0v) is 13.7. The standard InChI is InChI=1S/C17H21NO3S/c1-11-4-3-5-14(11)17(21)18-15(10-16(19)20)12-6-8-13(22-2)9-7-12/h6-9,15H,3-5,10H2,1-2H3,(H,18,21)(H,19,20). The molecule has 0 saturated heterocycles. The molecule has 5 heteroatoms. The molecule has 118 valence electrons. The Morgan fingerprint density at radius 3 is 2.45 bits per heavy atom. The van der Waals surface area contributed by atoms with E-state index in [-0.39, 0.29) is 12.3 Å². The predicted molar refractivity (Wildman–Crippen MR) is 87.9 cm³/mol. The normalized spacial score (nSPS) is 15.7. The van der Waals surface area contributed by atoms with Crippen LogP contribution in [0.4, 0.5) is 0 Å². The van der Waals surface area contributed by atoms with E-state index in [2.05, 4.69) is 5.32 Å². The Balaban J connectivity index is 2.16. The first-order chi connectivity index (χ1) is 10.5. The van der Waals surface area contributed by atoms with E-state index >= 15 is 0 Å². The molecule has 1 atom stereocenters. The fourth-order valence-corrected chi connectivity index (χ4v) is 3.12. The topological polar surface area (TPSA) is 66.4 Å². The zero-order valence-electron chi connectivity index (χ0n) is 12.9. The number of thioether (sulfide) groups is 1. The van der Waals surface area contributed by atoms with Gasteiger partial charge in [0.15, 0.2) is 0 Å².